The molecule has 0 aromatic rings. The van der Waals surface area contributed by atoms with Gasteiger partial charge in [0, 0.05) is 13.1 Å². The first-order chi connectivity index (χ1) is 8.05. The summed E-state index contributed by atoms with van der Waals surface area (Å²) in [5, 5.41) is 12.2. The highest BCUT2D eigenvalue weighted by molar-refractivity contribution is 5.85. The van der Waals surface area contributed by atoms with E-state index < -0.39 is 17.6 Å². The standard InChI is InChI=1S/C12H20N2O3/c1-9(10(15)14-7-2-3-8-14)13-12(11(16)17)5-4-6-12/h9,13H,2-8H2,1H3,(H,16,17). The van der Waals surface area contributed by atoms with Gasteiger partial charge in [-0.05, 0) is 39.0 Å². The molecule has 2 N–H and O–H groups in total. The first-order valence-electron chi connectivity index (χ1n) is 6.35. The highest BCUT2D eigenvalue weighted by Gasteiger charge is 2.46. The van der Waals surface area contributed by atoms with Crippen LogP contribution in [0.3, 0.4) is 0 Å². The van der Waals surface area contributed by atoms with Crippen LogP contribution in [0.1, 0.15) is 39.0 Å². The summed E-state index contributed by atoms with van der Waals surface area (Å²) < 4.78 is 0. The van der Waals surface area contributed by atoms with Gasteiger partial charge in [-0.1, -0.05) is 0 Å². The van der Waals surface area contributed by atoms with Crippen LogP contribution in [0.25, 0.3) is 0 Å². The van der Waals surface area contributed by atoms with E-state index in [1.807, 2.05) is 4.90 Å². The van der Waals surface area contributed by atoms with Crippen molar-refractivity contribution < 1.29 is 14.7 Å². The Morgan fingerprint density at radius 3 is 2.24 bits per heavy atom. The lowest BCUT2D eigenvalue weighted by molar-refractivity contribution is -0.150. The molecule has 5 heteroatoms. The number of nitrogens with zero attached hydrogens (tertiary/aromatic N) is 1. The SMILES string of the molecule is CC(NC1(C(=O)O)CCC1)C(=O)N1CCCC1. The Labute approximate surface area is 101 Å². The van der Waals surface area contributed by atoms with Crippen molar-refractivity contribution >= 4 is 11.9 Å². The molecule has 0 spiro atoms. The third kappa shape index (κ3) is 2.29. The minimum atomic E-state index is -0.852. The Morgan fingerprint density at radius 1 is 1.24 bits per heavy atom. The maximum absolute atomic E-state index is 12.1. The highest BCUT2D eigenvalue weighted by Crippen LogP contribution is 2.32. The summed E-state index contributed by atoms with van der Waals surface area (Å²) in [6.07, 6.45) is 4.29. The van der Waals surface area contributed by atoms with E-state index in [1.54, 1.807) is 6.92 Å². The maximum Gasteiger partial charge on any atom is 0.323 e. The fourth-order valence-corrected chi connectivity index (χ4v) is 2.64. The van der Waals surface area contributed by atoms with E-state index in [0.29, 0.717) is 12.8 Å². The summed E-state index contributed by atoms with van der Waals surface area (Å²) in [4.78, 5) is 25.1. The molecule has 2 fully saturated rings. The average Bonchev–Trinajstić information content (AvgIpc) is 2.74. The molecule has 1 saturated heterocycles. The summed E-state index contributed by atoms with van der Waals surface area (Å²) >= 11 is 0. The van der Waals surface area contributed by atoms with Crippen LogP contribution in [-0.2, 0) is 9.59 Å². The summed E-state index contributed by atoms with van der Waals surface area (Å²) in [5.74, 6) is -0.792. The second-order valence-corrected chi connectivity index (χ2v) is 5.14. The Balaban J connectivity index is 1.93. The topological polar surface area (TPSA) is 69.6 Å². The van der Waals surface area contributed by atoms with Gasteiger partial charge < -0.3 is 10.0 Å². The van der Waals surface area contributed by atoms with Crippen LogP contribution in [0, 0.1) is 0 Å². The lowest BCUT2D eigenvalue weighted by Crippen LogP contribution is -2.62. The Hall–Kier alpha value is -1.10. The lowest BCUT2D eigenvalue weighted by Gasteiger charge is -2.40. The molecule has 1 atom stereocenters. The van der Waals surface area contributed by atoms with Gasteiger partial charge in [0.25, 0.3) is 0 Å². The smallest absolute Gasteiger partial charge is 0.323 e. The van der Waals surface area contributed by atoms with Crippen molar-refractivity contribution in [2.45, 2.75) is 50.6 Å². The van der Waals surface area contributed by atoms with Gasteiger partial charge in [-0.2, -0.15) is 0 Å². The number of hydrogen-bond donors (Lipinski definition) is 2. The molecule has 1 saturated carbocycles. The zero-order chi connectivity index (χ0) is 12.5. The molecule has 1 amide bonds. The molecule has 0 aromatic carbocycles. The first kappa shape index (κ1) is 12.4. The normalized spacial score (nSPS) is 24.2. The molecule has 96 valence electrons. The summed E-state index contributed by atoms with van der Waals surface area (Å²) in [5.41, 5.74) is -0.852. The summed E-state index contributed by atoms with van der Waals surface area (Å²) in [6, 6.07) is -0.399. The number of aliphatic carboxylic acids is 1. The summed E-state index contributed by atoms with van der Waals surface area (Å²) in [6.45, 7) is 3.39. The first-order valence-corrected chi connectivity index (χ1v) is 6.35. The predicted molar refractivity (Wildman–Crippen MR) is 62.6 cm³/mol. The number of carbonyl (C=O) groups is 2. The number of likely N-dealkylation sites (tertiary alicyclic amines) is 1. The second-order valence-electron chi connectivity index (χ2n) is 5.14. The van der Waals surface area contributed by atoms with E-state index in [9.17, 15) is 14.7 Å². The second kappa shape index (κ2) is 4.64. The molecule has 0 aromatic heterocycles. The molecular formula is C12H20N2O3. The van der Waals surface area contributed by atoms with Gasteiger partial charge in [-0.25, -0.2) is 0 Å². The number of rotatable bonds is 4. The van der Waals surface area contributed by atoms with Gasteiger partial charge in [-0.3, -0.25) is 14.9 Å². The van der Waals surface area contributed by atoms with Crippen LogP contribution in [0.5, 0.6) is 0 Å². The van der Waals surface area contributed by atoms with Gasteiger partial charge in [0.05, 0.1) is 6.04 Å². The van der Waals surface area contributed by atoms with E-state index >= 15 is 0 Å². The molecule has 17 heavy (non-hydrogen) atoms. The Bertz CT molecular complexity index is 320. The molecule has 1 aliphatic heterocycles. The van der Waals surface area contributed by atoms with Crippen molar-refractivity contribution in [2.24, 2.45) is 0 Å². The van der Waals surface area contributed by atoms with E-state index in [1.165, 1.54) is 0 Å². The van der Waals surface area contributed by atoms with Crippen molar-refractivity contribution in [1.29, 1.82) is 0 Å². The van der Waals surface area contributed by atoms with Gasteiger partial charge in [0.1, 0.15) is 5.54 Å². The third-order valence-corrected chi connectivity index (χ3v) is 3.90. The number of carboxylic acids is 1. The predicted octanol–water partition coefficient (Wildman–Crippen LogP) is 0.594. The van der Waals surface area contributed by atoms with Gasteiger partial charge in [0.15, 0.2) is 0 Å². The number of nitrogens with one attached hydrogen (secondary N) is 1. The number of amides is 1. The van der Waals surface area contributed by atoms with Crippen molar-refractivity contribution in [3.05, 3.63) is 0 Å². The molecule has 2 rings (SSSR count). The molecular weight excluding hydrogens is 220 g/mol. The van der Waals surface area contributed by atoms with Crippen LogP contribution < -0.4 is 5.32 Å². The van der Waals surface area contributed by atoms with Gasteiger partial charge >= 0.3 is 5.97 Å². The maximum atomic E-state index is 12.1. The average molecular weight is 240 g/mol. The minimum absolute atomic E-state index is 0.0371. The lowest BCUT2D eigenvalue weighted by atomic mass is 9.76. The van der Waals surface area contributed by atoms with Gasteiger partial charge in [-0.15, -0.1) is 0 Å². The third-order valence-electron chi connectivity index (χ3n) is 3.90. The van der Waals surface area contributed by atoms with Crippen LogP contribution >= 0.6 is 0 Å². The van der Waals surface area contributed by atoms with E-state index in [-0.39, 0.29) is 5.91 Å². The molecule has 0 radical (unpaired) electrons. The molecule has 0 bridgehead atoms. The molecule has 1 aliphatic carbocycles. The Morgan fingerprint density at radius 2 is 1.82 bits per heavy atom. The number of hydrogen-bond acceptors (Lipinski definition) is 3. The van der Waals surface area contributed by atoms with Crippen molar-refractivity contribution in [3.8, 4) is 0 Å². The molecule has 1 unspecified atom stereocenters. The fraction of sp³-hybridized carbons (Fsp3) is 0.833. The zero-order valence-electron chi connectivity index (χ0n) is 10.2. The monoisotopic (exact) mass is 240 g/mol. The number of carbonyl (C=O) groups excluding carboxylic acids is 1. The van der Waals surface area contributed by atoms with Crippen LogP contribution in [0.4, 0.5) is 0 Å². The van der Waals surface area contributed by atoms with Crippen LogP contribution in [0.2, 0.25) is 0 Å². The van der Waals surface area contributed by atoms with E-state index in [0.717, 1.165) is 32.4 Å². The highest BCUT2D eigenvalue weighted by atomic mass is 16.4. The van der Waals surface area contributed by atoms with Crippen LogP contribution in [0.15, 0.2) is 0 Å². The molecule has 5 nitrogen and oxygen atoms in total. The minimum Gasteiger partial charge on any atom is -0.480 e. The van der Waals surface area contributed by atoms with E-state index in [2.05, 4.69) is 5.32 Å². The Kier molecular flexibility index (Phi) is 3.38. The largest absolute Gasteiger partial charge is 0.480 e. The molecule has 1 heterocycles. The molecule has 2 aliphatic rings. The van der Waals surface area contributed by atoms with Crippen molar-refractivity contribution in [3.63, 3.8) is 0 Å². The fourth-order valence-electron chi connectivity index (χ4n) is 2.64. The number of carboxylic acid groups (broad SMARTS) is 1. The zero-order valence-corrected chi connectivity index (χ0v) is 10.2. The quantitative estimate of drug-likeness (QED) is 0.754. The summed E-state index contributed by atoms with van der Waals surface area (Å²) in [7, 11) is 0. The van der Waals surface area contributed by atoms with Crippen LogP contribution in [-0.4, -0.2) is 46.6 Å². The van der Waals surface area contributed by atoms with Gasteiger partial charge in [0.2, 0.25) is 5.91 Å². The van der Waals surface area contributed by atoms with E-state index in [4.69, 9.17) is 0 Å². The van der Waals surface area contributed by atoms with Crippen molar-refractivity contribution in [1.82, 2.24) is 10.2 Å². The van der Waals surface area contributed by atoms with Crippen molar-refractivity contribution in [2.75, 3.05) is 13.1 Å².